The zero-order valence-electron chi connectivity index (χ0n) is 17.3. The molecule has 158 valence electrons. The summed E-state index contributed by atoms with van der Waals surface area (Å²) in [6.45, 7) is 7.51. The summed E-state index contributed by atoms with van der Waals surface area (Å²) in [6.07, 6.45) is -1.11. The van der Waals surface area contributed by atoms with Gasteiger partial charge in [0.2, 0.25) is 11.6 Å². The first-order chi connectivity index (χ1) is 13.7. The minimum atomic E-state index is -1.22. The fraction of sp³-hybridized carbons (Fsp3) is 0.545. The van der Waals surface area contributed by atoms with Crippen molar-refractivity contribution in [2.45, 2.75) is 50.5 Å². The third-order valence-corrected chi connectivity index (χ3v) is 5.89. The molecule has 2 saturated heterocycles. The third-order valence-electron chi connectivity index (χ3n) is 5.89. The standard InChI is InChI=1S/C22H28O7/c1-14(15-9-7-6-8-10-15)11-16-17(23)12-18(28-20(16)24)19-13-27-21(2,25-4)22(3,26-5)29-19/h6-10,16,18-19H,1,11-13H2,2-5H3/t16-,18-,19+,21-,22-/m1/s1. The average Bonchev–Trinajstić information content (AvgIpc) is 2.73. The molecule has 0 amide bonds. The molecule has 2 aliphatic rings. The van der Waals surface area contributed by atoms with E-state index >= 15 is 0 Å². The number of ether oxygens (including phenoxy) is 5. The molecule has 0 unspecified atom stereocenters. The van der Waals surface area contributed by atoms with Crippen molar-refractivity contribution in [3.8, 4) is 0 Å². The van der Waals surface area contributed by atoms with Crippen LogP contribution in [0.3, 0.4) is 0 Å². The van der Waals surface area contributed by atoms with Gasteiger partial charge in [-0.05, 0) is 31.4 Å². The molecule has 3 rings (SSSR count). The Hall–Kier alpha value is -2.06. The molecule has 5 atom stereocenters. The highest BCUT2D eigenvalue weighted by molar-refractivity contribution is 6.02. The predicted molar refractivity (Wildman–Crippen MR) is 105 cm³/mol. The van der Waals surface area contributed by atoms with Gasteiger partial charge in [-0.3, -0.25) is 9.59 Å². The Kier molecular flexibility index (Phi) is 6.24. The highest BCUT2D eigenvalue weighted by Crippen LogP contribution is 2.39. The van der Waals surface area contributed by atoms with E-state index < -0.39 is 35.7 Å². The van der Waals surface area contributed by atoms with Crippen LogP contribution in [0.25, 0.3) is 5.57 Å². The van der Waals surface area contributed by atoms with Crippen LogP contribution in [0.15, 0.2) is 36.9 Å². The van der Waals surface area contributed by atoms with Gasteiger partial charge in [0.25, 0.3) is 0 Å². The highest BCUT2D eigenvalue weighted by atomic mass is 16.8. The fourth-order valence-electron chi connectivity index (χ4n) is 3.65. The van der Waals surface area contributed by atoms with Crippen molar-refractivity contribution in [3.63, 3.8) is 0 Å². The summed E-state index contributed by atoms with van der Waals surface area (Å²) in [5.74, 6) is -3.96. The number of carbonyl (C=O) groups is 2. The third kappa shape index (κ3) is 4.14. The molecular weight excluding hydrogens is 376 g/mol. The van der Waals surface area contributed by atoms with E-state index in [1.54, 1.807) is 13.8 Å². The molecule has 1 aromatic carbocycles. The molecule has 1 aromatic rings. The van der Waals surface area contributed by atoms with Gasteiger partial charge in [0.05, 0.1) is 6.61 Å². The zero-order valence-corrected chi connectivity index (χ0v) is 17.3. The zero-order chi connectivity index (χ0) is 21.2. The Morgan fingerprint density at radius 1 is 1.10 bits per heavy atom. The Labute approximate surface area is 170 Å². The van der Waals surface area contributed by atoms with Crippen LogP contribution in [0, 0.1) is 5.92 Å². The molecule has 0 radical (unpaired) electrons. The molecule has 0 saturated carbocycles. The van der Waals surface area contributed by atoms with Gasteiger partial charge in [-0.1, -0.05) is 36.9 Å². The van der Waals surface area contributed by atoms with Crippen LogP contribution in [0.2, 0.25) is 0 Å². The summed E-state index contributed by atoms with van der Waals surface area (Å²) < 4.78 is 28.3. The van der Waals surface area contributed by atoms with Crippen LogP contribution < -0.4 is 0 Å². The number of allylic oxidation sites excluding steroid dienone is 1. The van der Waals surface area contributed by atoms with Crippen molar-refractivity contribution in [1.29, 1.82) is 0 Å². The lowest BCUT2D eigenvalue weighted by atomic mass is 9.87. The van der Waals surface area contributed by atoms with Gasteiger partial charge in [0.15, 0.2) is 5.78 Å². The van der Waals surface area contributed by atoms with Gasteiger partial charge in [-0.2, -0.15) is 0 Å². The van der Waals surface area contributed by atoms with Crippen molar-refractivity contribution in [1.82, 2.24) is 0 Å². The summed E-state index contributed by atoms with van der Waals surface area (Å²) in [7, 11) is 2.97. The predicted octanol–water partition coefficient (Wildman–Crippen LogP) is 2.73. The Morgan fingerprint density at radius 2 is 1.76 bits per heavy atom. The smallest absolute Gasteiger partial charge is 0.317 e. The van der Waals surface area contributed by atoms with E-state index in [1.165, 1.54) is 14.2 Å². The number of methoxy groups -OCH3 is 2. The lowest BCUT2D eigenvalue weighted by Crippen LogP contribution is -2.64. The molecule has 7 heteroatoms. The molecule has 29 heavy (non-hydrogen) atoms. The highest BCUT2D eigenvalue weighted by Gasteiger charge is 2.56. The fourth-order valence-corrected chi connectivity index (χ4v) is 3.65. The van der Waals surface area contributed by atoms with E-state index in [2.05, 4.69) is 6.58 Å². The van der Waals surface area contributed by atoms with Gasteiger partial charge in [-0.25, -0.2) is 0 Å². The summed E-state index contributed by atoms with van der Waals surface area (Å²) in [5, 5.41) is 0. The molecule has 0 spiro atoms. The van der Waals surface area contributed by atoms with Crippen LogP contribution in [0.5, 0.6) is 0 Å². The van der Waals surface area contributed by atoms with E-state index in [9.17, 15) is 9.59 Å². The molecule has 2 aliphatic heterocycles. The first kappa shape index (κ1) is 21.6. The van der Waals surface area contributed by atoms with Crippen molar-refractivity contribution in [3.05, 3.63) is 42.5 Å². The second-order valence-corrected chi connectivity index (χ2v) is 7.64. The number of hydrogen-bond acceptors (Lipinski definition) is 7. The lowest BCUT2D eigenvalue weighted by molar-refractivity contribution is -0.436. The van der Waals surface area contributed by atoms with Gasteiger partial charge in [-0.15, -0.1) is 0 Å². The lowest BCUT2D eigenvalue weighted by Gasteiger charge is -2.50. The van der Waals surface area contributed by atoms with E-state index in [4.69, 9.17) is 23.7 Å². The van der Waals surface area contributed by atoms with Gasteiger partial charge in [0, 0.05) is 20.6 Å². The van der Waals surface area contributed by atoms with Crippen LogP contribution >= 0.6 is 0 Å². The molecule has 0 bridgehead atoms. The van der Waals surface area contributed by atoms with Gasteiger partial charge >= 0.3 is 5.97 Å². The minimum Gasteiger partial charge on any atom is -0.458 e. The van der Waals surface area contributed by atoms with E-state index in [0.717, 1.165) is 11.1 Å². The largest absolute Gasteiger partial charge is 0.458 e. The monoisotopic (exact) mass is 404 g/mol. The van der Waals surface area contributed by atoms with Crippen LogP contribution in [-0.4, -0.2) is 56.4 Å². The molecule has 0 aliphatic carbocycles. The first-order valence-electron chi connectivity index (χ1n) is 9.61. The van der Waals surface area contributed by atoms with E-state index in [1.807, 2.05) is 30.3 Å². The maximum Gasteiger partial charge on any atom is 0.317 e. The van der Waals surface area contributed by atoms with E-state index in [-0.39, 0.29) is 25.2 Å². The van der Waals surface area contributed by atoms with Crippen molar-refractivity contribution >= 4 is 17.3 Å². The summed E-state index contributed by atoms with van der Waals surface area (Å²) >= 11 is 0. The minimum absolute atomic E-state index is 0.0516. The number of rotatable bonds is 6. The quantitative estimate of drug-likeness (QED) is 0.533. The second-order valence-electron chi connectivity index (χ2n) is 7.64. The summed E-state index contributed by atoms with van der Waals surface area (Å²) in [6, 6.07) is 9.47. The normalized spacial score (nSPS) is 35.2. The van der Waals surface area contributed by atoms with Crippen molar-refractivity contribution in [2.75, 3.05) is 20.8 Å². The van der Waals surface area contributed by atoms with Crippen LogP contribution in [0.1, 0.15) is 32.3 Å². The van der Waals surface area contributed by atoms with Crippen LogP contribution in [0.4, 0.5) is 0 Å². The van der Waals surface area contributed by atoms with Crippen molar-refractivity contribution in [2.24, 2.45) is 5.92 Å². The molecular formula is C22H28O7. The van der Waals surface area contributed by atoms with E-state index in [0.29, 0.717) is 0 Å². The Morgan fingerprint density at radius 3 is 2.34 bits per heavy atom. The number of ketones is 1. The SMILES string of the molecule is C=C(C[C@@H]1C(=O)C[C@H]([C@@H]2CO[C@@](C)(OC)[C@](C)(OC)O2)OC1=O)c1ccccc1. The molecule has 7 nitrogen and oxygen atoms in total. The number of Topliss-reactive ketones (excluding diaryl/α,β-unsaturated/α-hetero) is 1. The Balaban J connectivity index is 1.67. The molecule has 0 aromatic heterocycles. The number of carbonyl (C=O) groups excluding carboxylic acids is 2. The topological polar surface area (TPSA) is 80.3 Å². The van der Waals surface area contributed by atoms with Gasteiger partial charge in [0.1, 0.15) is 18.1 Å². The number of cyclic esters (lactones) is 1. The van der Waals surface area contributed by atoms with Gasteiger partial charge < -0.3 is 23.7 Å². The second kappa shape index (κ2) is 8.36. The number of benzene rings is 1. The van der Waals surface area contributed by atoms with Crippen LogP contribution in [-0.2, 0) is 33.3 Å². The summed E-state index contributed by atoms with van der Waals surface area (Å²) in [5.41, 5.74) is 1.62. The molecule has 0 N–H and O–H groups in total. The van der Waals surface area contributed by atoms with Crippen molar-refractivity contribution < 1.29 is 33.3 Å². The number of esters is 1. The Bertz CT molecular complexity index is 759. The number of hydrogen-bond donors (Lipinski definition) is 0. The average molecular weight is 404 g/mol. The summed E-state index contributed by atoms with van der Waals surface area (Å²) in [4.78, 5) is 25.3. The maximum absolute atomic E-state index is 12.7. The first-order valence-corrected chi connectivity index (χ1v) is 9.61. The maximum atomic E-state index is 12.7. The molecule has 2 fully saturated rings. The molecule has 2 heterocycles.